The summed E-state index contributed by atoms with van der Waals surface area (Å²) in [5.41, 5.74) is 4.60. The Morgan fingerprint density at radius 2 is 1.89 bits per heavy atom. The molecule has 0 saturated carbocycles. The van der Waals surface area contributed by atoms with Crippen LogP contribution in [0.2, 0.25) is 0 Å². The summed E-state index contributed by atoms with van der Waals surface area (Å²) in [4.78, 5) is 0. The lowest BCUT2D eigenvalue weighted by Gasteiger charge is -2.13. The molecule has 0 amide bonds. The minimum Gasteiger partial charge on any atom is -0.487 e. The van der Waals surface area contributed by atoms with E-state index in [0.29, 0.717) is 6.61 Å². The molecule has 1 N–H and O–H groups in total. The van der Waals surface area contributed by atoms with E-state index in [9.17, 15) is 0 Å². The van der Waals surface area contributed by atoms with Crippen LogP contribution < -0.4 is 10.1 Å². The van der Waals surface area contributed by atoms with Crippen molar-refractivity contribution in [3.63, 3.8) is 0 Å². The number of hydrogen-bond donors (Lipinski definition) is 1. The van der Waals surface area contributed by atoms with Gasteiger partial charge in [-0.25, -0.2) is 0 Å². The molecule has 0 radical (unpaired) electrons. The SMILES string of the molecule is C=CCOc1ccccc1Nc1ccc(C)c(C)c1. The third-order valence-corrected chi connectivity index (χ3v) is 3.03. The van der Waals surface area contributed by atoms with E-state index in [4.69, 9.17) is 4.74 Å². The average Bonchev–Trinajstić information content (AvgIpc) is 2.42. The van der Waals surface area contributed by atoms with Gasteiger partial charge < -0.3 is 10.1 Å². The lowest BCUT2D eigenvalue weighted by atomic mass is 10.1. The van der Waals surface area contributed by atoms with Crippen molar-refractivity contribution in [2.24, 2.45) is 0 Å². The second-order valence-electron chi connectivity index (χ2n) is 4.52. The molecular formula is C17H19NO. The van der Waals surface area contributed by atoms with Gasteiger partial charge in [0, 0.05) is 5.69 Å². The number of hydrogen-bond acceptors (Lipinski definition) is 2. The Balaban J connectivity index is 2.22. The fourth-order valence-electron chi connectivity index (χ4n) is 1.82. The number of para-hydroxylation sites is 2. The first-order valence-electron chi connectivity index (χ1n) is 6.37. The van der Waals surface area contributed by atoms with Crippen molar-refractivity contribution in [3.8, 4) is 5.75 Å². The van der Waals surface area contributed by atoms with Gasteiger partial charge in [-0.1, -0.05) is 30.9 Å². The molecular weight excluding hydrogens is 234 g/mol. The van der Waals surface area contributed by atoms with Crippen molar-refractivity contribution >= 4 is 11.4 Å². The summed E-state index contributed by atoms with van der Waals surface area (Å²) >= 11 is 0. The van der Waals surface area contributed by atoms with Crippen molar-refractivity contribution in [2.75, 3.05) is 11.9 Å². The Bertz CT molecular complexity index is 575. The van der Waals surface area contributed by atoms with Crippen LogP contribution in [0, 0.1) is 13.8 Å². The van der Waals surface area contributed by atoms with E-state index < -0.39 is 0 Å². The van der Waals surface area contributed by atoms with Crippen LogP contribution in [-0.2, 0) is 0 Å². The second-order valence-corrected chi connectivity index (χ2v) is 4.52. The quantitative estimate of drug-likeness (QED) is 0.785. The van der Waals surface area contributed by atoms with Crippen molar-refractivity contribution < 1.29 is 4.74 Å². The highest BCUT2D eigenvalue weighted by Gasteiger charge is 2.03. The summed E-state index contributed by atoms with van der Waals surface area (Å²) in [6, 6.07) is 14.2. The summed E-state index contributed by atoms with van der Waals surface area (Å²) in [6.45, 7) is 8.39. The topological polar surface area (TPSA) is 21.3 Å². The number of rotatable bonds is 5. The Hall–Kier alpha value is -2.22. The van der Waals surface area contributed by atoms with E-state index in [1.165, 1.54) is 11.1 Å². The number of ether oxygens (including phenoxy) is 1. The molecule has 98 valence electrons. The molecule has 0 aliphatic rings. The van der Waals surface area contributed by atoms with Crippen LogP contribution in [-0.4, -0.2) is 6.61 Å². The van der Waals surface area contributed by atoms with Crippen LogP contribution in [0.5, 0.6) is 5.75 Å². The maximum atomic E-state index is 5.63. The van der Waals surface area contributed by atoms with Gasteiger partial charge in [-0.05, 0) is 49.2 Å². The van der Waals surface area contributed by atoms with E-state index in [-0.39, 0.29) is 0 Å². The van der Waals surface area contributed by atoms with Crippen LogP contribution in [0.3, 0.4) is 0 Å². The summed E-state index contributed by atoms with van der Waals surface area (Å²) in [5, 5.41) is 3.39. The molecule has 0 spiro atoms. The Labute approximate surface area is 114 Å². The van der Waals surface area contributed by atoms with Crippen molar-refractivity contribution in [2.45, 2.75) is 13.8 Å². The van der Waals surface area contributed by atoms with E-state index in [1.54, 1.807) is 6.08 Å². The zero-order valence-corrected chi connectivity index (χ0v) is 11.4. The number of anilines is 2. The molecule has 0 atom stereocenters. The monoisotopic (exact) mass is 253 g/mol. The average molecular weight is 253 g/mol. The van der Waals surface area contributed by atoms with Gasteiger partial charge in [0.1, 0.15) is 12.4 Å². The molecule has 0 heterocycles. The summed E-state index contributed by atoms with van der Waals surface area (Å²) in [6.07, 6.45) is 1.74. The molecule has 2 nitrogen and oxygen atoms in total. The predicted molar refractivity (Wildman–Crippen MR) is 81.3 cm³/mol. The van der Waals surface area contributed by atoms with Crippen LogP contribution in [0.25, 0.3) is 0 Å². The fraction of sp³-hybridized carbons (Fsp3) is 0.176. The van der Waals surface area contributed by atoms with Gasteiger partial charge in [0.15, 0.2) is 0 Å². The Morgan fingerprint density at radius 3 is 2.63 bits per heavy atom. The van der Waals surface area contributed by atoms with E-state index >= 15 is 0 Å². The molecule has 0 aliphatic heterocycles. The molecule has 0 saturated heterocycles. The van der Waals surface area contributed by atoms with Crippen molar-refractivity contribution in [1.29, 1.82) is 0 Å². The maximum Gasteiger partial charge on any atom is 0.143 e. The van der Waals surface area contributed by atoms with Crippen molar-refractivity contribution in [1.82, 2.24) is 0 Å². The van der Waals surface area contributed by atoms with Gasteiger partial charge >= 0.3 is 0 Å². The van der Waals surface area contributed by atoms with Crippen LogP contribution in [0.1, 0.15) is 11.1 Å². The minimum absolute atomic E-state index is 0.506. The fourth-order valence-corrected chi connectivity index (χ4v) is 1.82. The van der Waals surface area contributed by atoms with Gasteiger partial charge in [0.25, 0.3) is 0 Å². The highest BCUT2D eigenvalue weighted by molar-refractivity contribution is 5.66. The first-order chi connectivity index (χ1) is 9.20. The number of nitrogens with one attached hydrogen (secondary N) is 1. The highest BCUT2D eigenvalue weighted by Crippen LogP contribution is 2.28. The Kier molecular flexibility index (Phi) is 4.24. The van der Waals surface area contributed by atoms with Crippen LogP contribution in [0.4, 0.5) is 11.4 Å². The van der Waals surface area contributed by atoms with Gasteiger partial charge in [-0.15, -0.1) is 0 Å². The zero-order chi connectivity index (χ0) is 13.7. The van der Waals surface area contributed by atoms with Crippen LogP contribution >= 0.6 is 0 Å². The molecule has 0 bridgehead atoms. The molecule has 2 aromatic carbocycles. The first-order valence-corrected chi connectivity index (χ1v) is 6.37. The minimum atomic E-state index is 0.506. The molecule has 0 unspecified atom stereocenters. The summed E-state index contributed by atoms with van der Waals surface area (Å²) in [7, 11) is 0. The largest absolute Gasteiger partial charge is 0.487 e. The molecule has 2 rings (SSSR count). The highest BCUT2D eigenvalue weighted by atomic mass is 16.5. The standard InChI is InChI=1S/C17H19NO/c1-4-11-19-17-8-6-5-7-16(17)18-15-10-9-13(2)14(3)12-15/h4-10,12,18H,1,11H2,2-3H3. The van der Waals surface area contributed by atoms with Gasteiger partial charge in [-0.3, -0.25) is 0 Å². The van der Waals surface area contributed by atoms with Gasteiger partial charge in [0.2, 0.25) is 0 Å². The number of aryl methyl sites for hydroxylation is 2. The molecule has 0 aromatic heterocycles. The smallest absolute Gasteiger partial charge is 0.143 e. The summed E-state index contributed by atoms with van der Waals surface area (Å²) in [5.74, 6) is 0.834. The van der Waals surface area contributed by atoms with E-state index in [1.807, 2.05) is 24.3 Å². The maximum absolute atomic E-state index is 5.63. The lowest BCUT2D eigenvalue weighted by molar-refractivity contribution is 0.365. The van der Waals surface area contributed by atoms with Crippen molar-refractivity contribution in [3.05, 3.63) is 66.2 Å². The lowest BCUT2D eigenvalue weighted by Crippen LogP contribution is -1.98. The first kappa shape index (κ1) is 13.2. The molecule has 0 fully saturated rings. The molecule has 19 heavy (non-hydrogen) atoms. The van der Waals surface area contributed by atoms with Gasteiger partial charge in [-0.2, -0.15) is 0 Å². The second kappa shape index (κ2) is 6.10. The third-order valence-electron chi connectivity index (χ3n) is 3.03. The zero-order valence-electron chi connectivity index (χ0n) is 11.4. The molecule has 0 aliphatic carbocycles. The summed E-state index contributed by atoms with van der Waals surface area (Å²) < 4.78 is 5.63. The predicted octanol–water partition coefficient (Wildman–Crippen LogP) is 4.61. The van der Waals surface area contributed by atoms with E-state index in [2.05, 4.69) is 43.9 Å². The normalized spacial score (nSPS) is 10.0. The van der Waals surface area contributed by atoms with Gasteiger partial charge in [0.05, 0.1) is 5.69 Å². The number of benzene rings is 2. The Morgan fingerprint density at radius 1 is 1.11 bits per heavy atom. The third kappa shape index (κ3) is 3.38. The molecule has 2 aromatic rings. The molecule has 2 heteroatoms. The van der Waals surface area contributed by atoms with E-state index in [0.717, 1.165) is 17.1 Å². The van der Waals surface area contributed by atoms with Crippen LogP contribution in [0.15, 0.2) is 55.1 Å².